The van der Waals surface area contributed by atoms with Crippen LogP contribution in [-0.2, 0) is 11.2 Å². The molecule has 6 heteroatoms. The zero-order valence-electron chi connectivity index (χ0n) is 13.9. The maximum absolute atomic E-state index is 12.9. The number of carbonyl (C=O) groups excluding carboxylic acids is 2. The van der Waals surface area contributed by atoms with Gasteiger partial charge in [-0.05, 0) is 43.0 Å². The van der Waals surface area contributed by atoms with Crippen LogP contribution in [0.25, 0.3) is 0 Å². The van der Waals surface area contributed by atoms with Gasteiger partial charge in [-0.3, -0.25) is 4.79 Å². The molecule has 1 aliphatic rings. The molecular weight excluding hydrogens is 340 g/mol. The molecule has 0 unspecified atom stereocenters. The van der Waals surface area contributed by atoms with E-state index in [0.29, 0.717) is 18.0 Å². The van der Waals surface area contributed by atoms with Gasteiger partial charge in [0.25, 0.3) is 5.91 Å². The van der Waals surface area contributed by atoms with Crippen LogP contribution in [0.3, 0.4) is 0 Å². The lowest BCUT2D eigenvalue weighted by Crippen LogP contribution is -2.37. The largest absolute Gasteiger partial charge is 0.464 e. The van der Waals surface area contributed by atoms with Gasteiger partial charge < -0.3 is 9.64 Å². The van der Waals surface area contributed by atoms with Crippen molar-refractivity contribution in [2.45, 2.75) is 25.3 Å². The lowest BCUT2D eigenvalue weighted by atomic mass is 10.0. The standard InChI is InChI=1S/C19H19ClN2O3/c1-25-19(24)17-10-4-9-16(21-17)18(23)22-11-5-7-14(22)12-13-6-2-3-8-15(13)20/h2-4,6,8-10,14H,5,7,11-12H2,1H3/t14-/m0/s1. The monoisotopic (exact) mass is 358 g/mol. The predicted octanol–water partition coefficient (Wildman–Crippen LogP) is 3.37. The third-order valence-electron chi connectivity index (χ3n) is 4.41. The van der Waals surface area contributed by atoms with E-state index in [2.05, 4.69) is 9.72 Å². The molecule has 130 valence electrons. The second-order valence-electron chi connectivity index (χ2n) is 5.99. The summed E-state index contributed by atoms with van der Waals surface area (Å²) < 4.78 is 4.67. The molecule has 5 nitrogen and oxygen atoms in total. The number of nitrogens with zero attached hydrogens (tertiary/aromatic N) is 2. The van der Waals surface area contributed by atoms with Crippen molar-refractivity contribution in [1.29, 1.82) is 0 Å². The quantitative estimate of drug-likeness (QED) is 0.786. The van der Waals surface area contributed by atoms with Crippen LogP contribution in [0.2, 0.25) is 5.02 Å². The summed E-state index contributed by atoms with van der Waals surface area (Å²) in [6, 6.07) is 12.6. The van der Waals surface area contributed by atoms with Crippen LogP contribution < -0.4 is 0 Å². The highest BCUT2D eigenvalue weighted by atomic mass is 35.5. The first-order valence-corrected chi connectivity index (χ1v) is 8.57. The van der Waals surface area contributed by atoms with Gasteiger partial charge in [-0.15, -0.1) is 0 Å². The minimum Gasteiger partial charge on any atom is -0.464 e. The summed E-state index contributed by atoms with van der Waals surface area (Å²) in [5.74, 6) is -0.719. The predicted molar refractivity (Wildman–Crippen MR) is 94.8 cm³/mol. The maximum atomic E-state index is 12.9. The summed E-state index contributed by atoms with van der Waals surface area (Å²) in [6.45, 7) is 0.679. The number of carbonyl (C=O) groups is 2. The van der Waals surface area contributed by atoms with Crippen molar-refractivity contribution in [3.63, 3.8) is 0 Å². The number of esters is 1. The first-order valence-electron chi connectivity index (χ1n) is 8.20. The third kappa shape index (κ3) is 3.82. The van der Waals surface area contributed by atoms with E-state index in [1.54, 1.807) is 12.1 Å². The van der Waals surface area contributed by atoms with Gasteiger partial charge in [-0.1, -0.05) is 35.9 Å². The molecule has 1 atom stereocenters. The first-order chi connectivity index (χ1) is 12.1. The van der Waals surface area contributed by atoms with Crippen LogP contribution in [0.4, 0.5) is 0 Å². The number of halogens is 1. The molecule has 2 heterocycles. The highest BCUT2D eigenvalue weighted by Gasteiger charge is 2.30. The van der Waals surface area contributed by atoms with Crippen molar-refractivity contribution in [3.05, 3.63) is 64.4 Å². The Labute approximate surface area is 151 Å². The van der Waals surface area contributed by atoms with E-state index in [1.165, 1.54) is 13.2 Å². The number of methoxy groups -OCH3 is 1. The molecule has 1 fully saturated rings. The molecule has 0 aliphatic carbocycles. The molecule has 0 saturated carbocycles. The van der Waals surface area contributed by atoms with Crippen molar-refractivity contribution >= 4 is 23.5 Å². The second-order valence-corrected chi connectivity index (χ2v) is 6.40. The number of hydrogen-bond acceptors (Lipinski definition) is 4. The van der Waals surface area contributed by atoms with Gasteiger partial charge in [0.05, 0.1) is 7.11 Å². The zero-order chi connectivity index (χ0) is 17.8. The Morgan fingerprint density at radius 1 is 1.20 bits per heavy atom. The zero-order valence-corrected chi connectivity index (χ0v) is 14.7. The molecule has 2 aromatic rings. The smallest absolute Gasteiger partial charge is 0.356 e. The van der Waals surface area contributed by atoms with Crippen LogP contribution in [0.1, 0.15) is 39.4 Å². The topological polar surface area (TPSA) is 59.5 Å². The average Bonchev–Trinajstić information content (AvgIpc) is 3.10. The molecule has 3 rings (SSSR count). The highest BCUT2D eigenvalue weighted by molar-refractivity contribution is 6.31. The molecule has 1 aromatic carbocycles. The second kappa shape index (κ2) is 7.66. The number of aromatic nitrogens is 1. The Balaban J connectivity index is 1.79. The molecular formula is C19H19ClN2O3. The van der Waals surface area contributed by atoms with Crippen LogP contribution in [0.15, 0.2) is 42.5 Å². The molecule has 0 spiro atoms. The van der Waals surface area contributed by atoms with Crippen LogP contribution >= 0.6 is 11.6 Å². The van der Waals surface area contributed by atoms with E-state index in [4.69, 9.17) is 11.6 Å². The third-order valence-corrected chi connectivity index (χ3v) is 4.78. The summed E-state index contributed by atoms with van der Waals surface area (Å²) in [5, 5.41) is 0.715. The molecule has 0 bridgehead atoms. The van der Waals surface area contributed by atoms with E-state index in [1.807, 2.05) is 29.2 Å². The van der Waals surface area contributed by atoms with Crippen molar-refractivity contribution in [3.8, 4) is 0 Å². The number of amides is 1. The Morgan fingerprint density at radius 2 is 1.96 bits per heavy atom. The summed E-state index contributed by atoms with van der Waals surface area (Å²) in [5.41, 5.74) is 1.43. The van der Waals surface area contributed by atoms with E-state index in [9.17, 15) is 9.59 Å². The van der Waals surface area contributed by atoms with Gasteiger partial charge in [-0.2, -0.15) is 0 Å². The normalized spacial score (nSPS) is 16.7. The van der Waals surface area contributed by atoms with E-state index in [0.717, 1.165) is 18.4 Å². The fourth-order valence-corrected chi connectivity index (χ4v) is 3.37. The van der Waals surface area contributed by atoms with Gasteiger partial charge in [-0.25, -0.2) is 9.78 Å². The van der Waals surface area contributed by atoms with Crippen molar-refractivity contribution < 1.29 is 14.3 Å². The van der Waals surface area contributed by atoms with Crippen LogP contribution in [0, 0.1) is 0 Å². The van der Waals surface area contributed by atoms with Crippen molar-refractivity contribution in [1.82, 2.24) is 9.88 Å². The average molecular weight is 359 g/mol. The van der Waals surface area contributed by atoms with Crippen molar-refractivity contribution in [2.24, 2.45) is 0 Å². The molecule has 1 amide bonds. The Kier molecular flexibility index (Phi) is 5.34. The molecule has 0 radical (unpaired) electrons. The fourth-order valence-electron chi connectivity index (χ4n) is 3.15. The summed E-state index contributed by atoms with van der Waals surface area (Å²) >= 11 is 6.25. The Hall–Kier alpha value is -2.40. The van der Waals surface area contributed by atoms with E-state index >= 15 is 0 Å². The SMILES string of the molecule is COC(=O)c1cccc(C(=O)N2CCC[C@H]2Cc2ccccc2Cl)n1. The number of likely N-dealkylation sites (tertiary alicyclic amines) is 1. The first kappa shape index (κ1) is 17.4. The minimum absolute atomic E-state index is 0.0796. The minimum atomic E-state index is -0.552. The molecule has 0 N–H and O–H groups in total. The lowest BCUT2D eigenvalue weighted by Gasteiger charge is -2.25. The number of rotatable bonds is 4. The molecule has 1 saturated heterocycles. The van der Waals surface area contributed by atoms with Gasteiger partial charge >= 0.3 is 5.97 Å². The molecule has 25 heavy (non-hydrogen) atoms. The van der Waals surface area contributed by atoms with Gasteiger partial charge in [0.15, 0.2) is 0 Å². The number of hydrogen-bond donors (Lipinski definition) is 0. The van der Waals surface area contributed by atoms with E-state index < -0.39 is 5.97 Å². The van der Waals surface area contributed by atoms with Crippen LogP contribution in [0.5, 0.6) is 0 Å². The fraction of sp³-hybridized carbons (Fsp3) is 0.316. The maximum Gasteiger partial charge on any atom is 0.356 e. The Bertz CT molecular complexity index is 794. The number of ether oxygens (including phenoxy) is 1. The van der Waals surface area contributed by atoms with E-state index in [-0.39, 0.29) is 23.3 Å². The van der Waals surface area contributed by atoms with Crippen molar-refractivity contribution in [2.75, 3.05) is 13.7 Å². The summed E-state index contributed by atoms with van der Waals surface area (Å²) in [4.78, 5) is 30.5. The summed E-state index contributed by atoms with van der Waals surface area (Å²) in [7, 11) is 1.29. The van der Waals surface area contributed by atoms with Crippen LogP contribution in [-0.4, -0.2) is 41.5 Å². The number of benzene rings is 1. The number of pyridine rings is 1. The lowest BCUT2D eigenvalue weighted by molar-refractivity contribution is 0.0593. The van der Waals surface area contributed by atoms with Gasteiger partial charge in [0.2, 0.25) is 0 Å². The Morgan fingerprint density at radius 3 is 2.72 bits per heavy atom. The van der Waals surface area contributed by atoms with Gasteiger partial charge in [0, 0.05) is 17.6 Å². The molecule has 1 aliphatic heterocycles. The highest BCUT2D eigenvalue weighted by Crippen LogP contribution is 2.26. The molecule has 1 aromatic heterocycles. The van der Waals surface area contributed by atoms with Gasteiger partial charge in [0.1, 0.15) is 11.4 Å². The summed E-state index contributed by atoms with van der Waals surface area (Å²) in [6.07, 6.45) is 2.58.